The van der Waals surface area contributed by atoms with Crippen molar-refractivity contribution in [3.05, 3.63) is 23.8 Å². The number of hydrogen-bond acceptors (Lipinski definition) is 3. The molecule has 0 aliphatic carbocycles. The molecule has 1 aliphatic heterocycles. The second kappa shape index (κ2) is 4.68. The van der Waals surface area contributed by atoms with E-state index in [1.54, 1.807) is 0 Å². The summed E-state index contributed by atoms with van der Waals surface area (Å²) in [5.74, 6) is -0.998. The highest BCUT2D eigenvalue weighted by Gasteiger charge is 2.28. The van der Waals surface area contributed by atoms with Crippen LogP contribution < -0.4 is 10.6 Å². The van der Waals surface area contributed by atoms with Crippen LogP contribution in [0.15, 0.2) is 18.2 Å². The van der Waals surface area contributed by atoms with Gasteiger partial charge in [0.2, 0.25) is 5.91 Å². The Bertz CT molecular complexity index is 497. The number of anilines is 2. The third-order valence-electron chi connectivity index (χ3n) is 2.99. The van der Waals surface area contributed by atoms with E-state index >= 15 is 0 Å². The van der Waals surface area contributed by atoms with Crippen molar-refractivity contribution >= 4 is 23.3 Å². The first-order valence-corrected chi connectivity index (χ1v) is 5.91. The summed E-state index contributed by atoms with van der Waals surface area (Å²) in [4.78, 5) is 22.5. The highest BCUT2D eigenvalue weighted by molar-refractivity contribution is 6.05. The second-order valence-electron chi connectivity index (χ2n) is 4.71. The first kappa shape index (κ1) is 12.4. The molecule has 1 heterocycles. The van der Waals surface area contributed by atoms with Crippen LogP contribution in [0.4, 0.5) is 11.4 Å². The molecule has 5 nitrogen and oxygen atoms in total. The van der Waals surface area contributed by atoms with Gasteiger partial charge in [-0.2, -0.15) is 0 Å². The number of hydrogen-bond donors (Lipinski definition) is 3. The molecule has 18 heavy (non-hydrogen) atoms. The van der Waals surface area contributed by atoms with Gasteiger partial charge in [-0.25, -0.2) is 0 Å². The van der Waals surface area contributed by atoms with Crippen molar-refractivity contribution in [3.8, 4) is 0 Å². The molecule has 0 bridgehead atoms. The molecule has 0 aromatic heterocycles. The van der Waals surface area contributed by atoms with Crippen LogP contribution in [0, 0.1) is 0 Å². The molecule has 1 unspecified atom stereocenters. The smallest absolute Gasteiger partial charge is 0.305 e. The predicted molar refractivity (Wildman–Crippen MR) is 68.8 cm³/mol. The molecule has 5 heteroatoms. The molecule has 1 aliphatic rings. The number of fused-ring (bicyclic) bond motifs is 1. The fourth-order valence-electron chi connectivity index (χ4n) is 2.09. The minimum Gasteiger partial charge on any atom is -0.481 e. The molecule has 1 aromatic rings. The number of carboxylic acid groups (broad SMARTS) is 1. The van der Waals surface area contributed by atoms with Gasteiger partial charge in [0, 0.05) is 0 Å². The maximum atomic E-state index is 11.8. The van der Waals surface area contributed by atoms with E-state index in [9.17, 15) is 9.59 Å². The predicted octanol–water partition coefficient (Wildman–Crippen LogP) is 2.02. The van der Waals surface area contributed by atoms with Crippen molar-refractivity contribution in [1.82, 2.24) is 0 Å². The molecule has 2 rings (SSSR count). The molecule has 0 saturated heterocycles. The molecule has 0 fully saturated rings. The van der Waals surface area contributed by atoms with E-state index < -0.39 is 12.0 Å². The van der Waals surface area contributed by atoms with Gasteiger partial charge in [-0.1, -0.05) is 26.0 Å². The van der Waals surface area contributed by atoms with E-state index in [0.717, 1.165) is 16.9 Å². The minimum atomic E-state index is -0.994. The Morgan fingerprint density at radius 1 is 1.44 bits per heavy atom. The lowest BCUT2D eigenvalue weighted by molar-refractivity contribution is -0.138. The van der Waals surface area contributed by atoms with E-state index in [1.807, 2.05) is 32.0 Å². The van der Waals surface area contributed by atoms with Gasteiger partial charge in [-0.3, -0.25) is 9.59 Å². The van der Waals surface area contributed by atoms with Crippen molar-refractivity contribution in [1.29, 1.82) is 0 Å². The summed E-state index contributed by atoms with van der Waals surface area (Å²) < 4.78 is 0. The normalized spacial score (nSPS) is 17.9. The number of carbonyl (C=O) groups excluding carboxylic acids is 1. The molecule has 3 N–H and O–H groups in total. The van der Waals surface area contributed by atoms with Gasteiger partial charge in [-0.15, -0.1) is 0 Å². The van der Waals surface area contributed by atoms with Crippen LogP contribution in [0.3, 0.4) is 0 Å². The summed E-state index contributed by atoms with van der Waals surface area (Å²) in [6.45, 7) is 4.09. The standard InChI is InChI=1S/C13H16N2O3/c1-7(2)8-4-3-5-9-12(8)15-13(18)10(14-9)6-11(16)17/h3-5,7,10,14H,6H2,1-2H3,(H,15,18)(H,16,17). The Hall–Kier alpha value is -2.04. The van der Waals surface area contributed by atoms with Crippen molar-refractivity contribution in [2.45, 2.75) is 32.2 Å². The van der Waals surface area contributed by atoms with E-state index in [1.165, 1.54) is 0 Å². The molecule has 96 valence electrons. The monoisotopic (exact) mass is 248 g/mol. The molecule has 0 spiro atoms. The largest absolute Gasteiger partial charge is 0.481 e. The first-order valence-electron chi connectivity index (χ1n) is 5.91. The van der Waals surface area contributed by atoms with Crippen molar-refractivity contribution in [2.75, 3.05) is 10.6 Å². The maximum Gasteiger partial charge on any atom is 0.305 e. The average Bonchev–Trinajstić information content (AvgIpc) is 2.28. The van der Waals surface area contributed by atoms with E-state index in [4.69, 9.17) is 5.11 Å². The Morgan fingerprint density at radius 3 is 2.78 bits per heavy atom. The van der Waals surface area contributed by atoms with E-state index in [-0.39, 0.29) is 18.2 Å². The number of carbonyl (C=O) groups is 2. The fraction of sp³-hybridized carbons (Fsp3) is 0.385. The zero-order chi connectivity index (χ0) is 13.3. The molecule has 0 saturated carbocycles. The van der Waals surface area contributed by atoms with Crippen LogP contribution in [0.1, 0.15) is 31.7 Å². The van der Waals surface area contributed by atoms with Crippen molar-refractivity contribution < 1.29 is 14.7 Å². The Balaban J connectivity index is 2.33. The SMILES string of the molecule is CC(C)c1cccc2c1NC(=O)C(CC(=O)O)N2. The lowest BCUT2D eigenvalue weighted by Gasteiger charge is -2.28. The first-order chi connectivity index (χ1) is 8.49. The maximum absolute atomic E-state index is 11.8. The van der Waals surface area contributed by atoms with Gasteiger partial charge < -0.3 is 15.7 Å². The van der Waals surface area contributed by atoms with Gasteiger partial charge in [0.05, 0.1) is 17.8 Å². The summed E-state index contributed by atoms with van der Waals surface area (Å²) in [7, 11) is 0. The number of benzene rings is 1. The Kier molecular flexibility index (Phi) is 3.23. The van der Waals surface area contributed by atoms with Crippen LogP contribution in [-0.4, -0.2) is 23.0 Å². The quantitative estimate of drug-likeness (QED) is 0.764. The van der Waals surface area contributed by atoms with Crippen LogP contribution in [0.25, 0.3) is 0 Å². The van der Waals surface area contributed by atoms with Gasteiger partial charge in [0.25, 0.3) is 0 Å². The van der Waals surface area contributed by atoms with Gasteiger partial charge >= 0.3 is 5.97 Å². The van der Waals surface area contributed by atoms with Crippen LogP contribution in [-0.2, 0) is 9.59 Å². The third kappa shape index (κ3) is 2.30. The van der Waals surface area contributed by atoms with Gasteiger partial charge in [0.1, 0.15) is 6.04 Å². The second-order valence-corrected chi connectivity index (χ2v) is 4.71. The number of carboxylic acids is 1. The Morgan fingerprint density at radius 2 is 2.17 bits per heavy atom. The molecule has 1 amide bonds. The third-order valence-corrected chi connectivity index (χ3v) is 2.99. The van der Waals surface area contributed by atoms with Crippen LogP contribution in [0.2, 0.25) is 0 Å². The molecule has 0 radical (unpaired) electrons. The molecular weight excluding hydrogens is 232 g/mol. The summed E-state index contributed by atoms with van der Waals surface area (Å²) >= 11 is 0. The lowest BCUT2D eigenvalue weighted by atomic mass is 9.97. The number of rotatable bonds is 3. The number of aliphatic carboxylic acids is 1. The van der Waals surface area contributed by atoms with Gasteiger partial charge in [0.15, 0.2) is 0 Å². The highest BCUT2D eigenvalue weighted by Crippen LogP contribution is 2.34. The zero-order valence-electron chi connectivity index (χ0n) is 10.4. The van der Waals surface area contributed by atoms with Gasteiger partial charge in [-0.05, 0) is 17.5 Å². The average molecular weight is 248 g/mol. The Labute approximate surface area is 105 Å². The zero-order valence-corrected chi connectivity index (χ0v) is 10.4. The highest BCUT2D eigenvalue weighted by atomic mass is 16.4. The summed E-state index contributed by atoms with van der Waals surface area (Å²) in [5, 5.41) is 14.5. The molecule has 1 atom stereocenters. The van der Waals surface area contributed by atoms with Crippen LogP contribution >= 0.6 is 0 Å². The minimum absolute atomic E-state index is 0.225. The van der Waals surface area contributed by atoms with Crippen molar-refractivity contribution in [2.24, 2.45) is 0 Å². The number of amides is 1. The summed E-state index contributed by atoms with van der Waals surface area (Å²) in [5.41, 5.74) is 2.59. The van der Waals surface area contributed by atoms with E-state index in [0.29, 0.717) is 0 Å². The van der Waals surface area contributed by atoms with Crippen LogP contribution in [0.5, 0.6) is 0 Å². The topological polar surface area (TPSA) is 78.4 Å². The lowest BCUT2D eigenvalue weighted by Crippen LogP contribution is -2.40. The fourth-order valence-corrected chi connectivity index (χ4v) is 2.09. The molecule has 1 aromatic carbocycles. The molecular formula is C13H16N2O3. The van der Waals surface area contributed by atoms with Crippen molar-refractivity contribution in [3.63, 3.8) is 0 Å². The number of para-hydroxylation sites is 1. The summed E-state index contributed by atoms with van der Waals surface area (Å²) in [6, 6.07) is 4.99. The van der Waals surface area contributed by atoms with E-state index in [2.05, 4.69) is 10.6 Å². The number of nitrogens with one attached hydrogen (secondary N) is 2. The summed E-state index contributed by atoms with van der Waals surface area (Å²) in [6.07, 6.45) is -0.225.